The molecule has 2 N–H and O–H groups in total. The number of aryl methyl sites for hydroxylation is 1. The van der Waals surface area contributed by atoms with Crippen LogP contribution in [0.4, 0.5) is 5.69 Å². The van der Waals surface area contributed by atoms with Gasteiger partial charge >= 0.3 is 0 Å². The summed E-state index contributed by atoms with van der Waals surface area (Å²) < 4.78 is 0. The van der Waals surface area contributed by atoms with E-state index in [0.29, 0.717) is 11.8 Å². The zero-order chi connectivity index (χ0) is 17.1. The molecule has 1 aliphatic heterocycles. The number of hydrogen-bond acceptors (Lipinski definition) is 2. The standard InChI is InChI=1S/C21H32N2O/c1-15(2)19(22)14-16-10-11-20-18(13-16)9-6-12-23(20)21(24)17-7-4-3-5-8-17/h10-11,13,15,17,19H,3-9,12,14,22H2,1-2H3. The van der Waals surface area contributed by atoms with Crippen LogP contribution in [0.1, 0.15) is 63.5 Å². The highest BCUT2D eigenvalue weighted by Crippen LogP contribution is 2.33. The number of hydrogen-bond donors (Lipinski definition) is 1. The minimum absolute atomic E-state index is 0.201. The van der Waals surface area contributed by atoms with Gasteiger partial charge in [0.25, 0.3) is 0 Å². The lowest BCUT2D eigenvalue weighted by Crippen LogP contribution is -2.40. The Kier molecular flexibility index (Phi) is 5.60. The average Bonchev–Trinajstić information content (AvgIpc) is 2.61. The van der Waals surface area contributed by atoms with E-state index in [4.69, 9.17) is 5.73 Å². The summed E-state index contributed by atoms with van der Waals surface area (Å²) >= 11 is 0. The van der Waals surface area contributed by atoms with Crippen LogP contribution >= 0.6 is 0 Å². The molecule has 0 saturated heterocycles. The lowest BCUT2D eigenvalue weighted by Gasteiger charge is -2.34. The summed E-state index contributed by atoms with van der Waals surface area (Å²) in [6.07, 6.45) is 8.94. The normalized spacial score (nSPS) is 20.1. The Morgan fingerprint density at radius 2 is 1.96 bits per heavy atom. The van der Waals surface area contributed by atoms with Crippen LogP contribution < -0.4 is 10.6 Å². The van der Waals surface area contributed by atoms with Crippen molar-refractivity contribution in [3.63, 3.8) is 0 Å². The van der Waals surface area contributed by atoms with Crippen LogP contribution in [0, 0.1) is 11.8 Å². The third-order valence-electron chi connectivity index (χ3n) is 5.81. The van der Waals surface area contributed by atoms with E-state index in [9.17, 15) is 4.79 Å². The second kappa shape index (κ2) is 7.69. The van der Waals surface area contributed by atoms with Crippen molar-refractivity contribution >= 4 is 11.6 Å². The van der Waals surface area contributed by atoms with E-state index in [1.54, 1.807) is 0 Å². The van der Waals surface area contributed by atoms with Crippen molar-refractivity contribution < 1.29 is 4.79 Å². The molecule has 24 heavy (non-hydrogen) atoms. The van der Waals surface area contributed by atoms with Gasteiger partial charge in [0.1, 0.15) is 0 Å². The van der Waals surface area contributed by atoms with E-state index in [1.165, 1.54) is 30.4 Å². The first-order valence-electron chi connectivity index (χ1n) is 9.75. The average molecular weight is 329 g/mol. The maximum absolute atomic E-state index is 13.0. The molecule has 1 aromatic carbocycles. The number of nitrogens with two attached hydrogens (primary N) is 1. The van der Waals surface area contributed by atoms with Crippen molar-refractivity contribution in [2.45, 2.75) is 71.3 Å². The molecule has 1 unspecified atom stereocenters. The molecule has 0 spiro atoms. The summed E-state index contributed by atoms with van der Waals surface area (Å²) in [5, 5.41) is 0. The van der Waals surface area contributed by atoms with E-state index in [2.05, 4.69) is 36.9 Å². The van der Waals surface area contributed by atoms with E-state index in [1.807, 2.05) is 0 Å². The summed E-state index contributed by atoms with van der Waals surface area (Å²) in [4.78, 5) is 15.0. The van der Waals surface area contributed by atoms with Gasteiger partial charge in [0, 0.05) is 24.2 Å². The lowest BCUT2D eigenvalue weighted by molar-refractivity contribution is -0.123. The molecular weight excluding hydrogens is 296 g/mol. The highest BCUT2D eigenvalue weighted by Gasteiger charge is 2.29. The molecule has 3 heteroatoms. The number of fused-ring (bicyclic) bond motifs is 1. The molecule has 1 heterocycles. The molecule has 3 nitrogen and oxygen atoms in total. The van der Waals surface area contributed by atoms with Gasteiger partial charge in [-0.15, -0.1) is 0 Å². The predicted octanol–water partition coefficient (Wildman–Crippen LogP) is 4.07. The van der Waals surface area contributed by atoms with Gasteiger partial charge in [0.15, 0.2) is 0 Å². The molecule has 1 saturated carbocycles. The predicted molar refractivity (Wildman–Crippen MR) is 100 cm³/mol. The highest BCUT2D eigenvalue weighted by atomic mass is 16.2. The second-order valence-corrected chi connectivity index (χ2v) is 8.00. The first-order valence-corrected chi connectivity index (χ1v) is 9.75. The molecule has 0 radical (unpaired) electrons. The van der Waals surface area contributed by atoms with Crippen molar-refractivity contribution in [1.82, 2.24) is 0 Å². The Balaban J connectivity index is 1.76. The largest absolute Gasteiger partial charge is 0.327 e. The van der Waals surface area contributed by atoms with Crippen LogP contribution in [0.5, 0.6) is 0 Å². The van der Waals surface area contributed by atoms with Crippen molar-refractivity contribution in [3.8, 4) is 0 Å². The molecule has 1 fully saturated rings. The summed E-state index contributed by atoms with van der Waals surface area (Å²) in [6.45, 7) is 5.23. The number of carbonyl (C=O) groups is 1. The number of rotatable bonds is 4. The van der Waals surface area contributed by atoms with Crippen LogP contribution in [0.2, 0.25) is 0 Å². The quantitative estimate of drug-likeness (QED) is 0.905. The Hall–Kier alpha value is -1.35. The lowest BCUT2D eigenvalue weighted by atomic mass is 9.87. The van der Waals surface area contributed by atoms with Crippen LogP contribution in [-0.2, 0) is 17.6 Å². The molecule has 1 aliphatic carbocycles. The molecule has 1 amide bonds. The van der Waals surface area contributed by atoms with Crippen LogP contribution in [0.25, 0.3) is 0 Å². The smallest absolute Gasteiger partial charge is 0.230 e. The van der Waals surface area contributed by atoms with Gasteiger partial charge in [-0.25, -0.2) is 0 Å². The Morgan fingerprint density at radius 1 is 1.21 bits per heavy atom. The third-order valence-corrected chi connectivity index (χ3v) is 5.81. The maximum atomic E-state index is 13.0. The molecule has 132 valence electrons. The van der Waals surface area contributed by atoms with Gasteiger partial charge in [0.2, 0.25) is 5.91 Å². The minimum atomic E-state index is 0.201. The number of amides is 1. The summed E-state index contributed by atoms with van der Waals surface area (Å²) in [5.74, 6) is 1.10. The monoisotopic (exact) mass is 328 g/mol. The van der Waals surface area contributed by atoms with Crippen molar-refractivity contribution in [2.75, 3.05) is 11.4 Å². The number of carbonyl (C=O) groups excluding carboxylic acids is 1. The number of benzene rings is 1. The van der Waals surface area contributed by atoms with E-state index in [-0.39, 0.29) is 12.0 Å². The number of anilines is 1. The van der Waals surface area contributed by atoms with Crippen LogP contribution in [-0.4, -0.2) is 18.5 Å². The van der Waals surface area contributed by atoms with Gasteiger partial charge < -0.3 is 10.6 Å². The second-order valence-electron chi connectivity index (χ2n) is 8.00. The molecule has 1 atom stereocenters. The first-order chi connectivity index (χ1) is 11.6. The molecule has 1 aromatic rings. The zero-order valence-corrected chi connectivity index (χ0v) is 15.3. The highest BCUT2D eigenvalue weighted by molar-refractivity contribution is 5.96. The zero-order valence-electron chi connectivity index (χ0n) is 15.3. The van der Waals surface area contributed by atoms with Crippen molar-refractivity contribution in [2.24, 2.45) is 17.6 Å². The van der Waals surface area contributed by atoms with Crippen molar-refractivity contribution in [1.29, 1.82) is 0 Å². The fraction of sp³-hybridized carbons (Fsp3) is 0.667. The van der Waals surface area contributed by atoms with Gasteiger partial charge in [-0.05, 0) is 55.2 Å². The fourth-order valence-electron chi connectivity index (χ4n) is 4.08. The summed E-state index contributed by atoms with van der Waals surface area (Å²) in [5.41, 5.74) is 10.0. The topological polar surface area (TPSA) is 46.3 Å². The Morgan fingerprint density at radius 3 is 2.67 bits per heavy atom. The fourth-order valence-corrected chi connectivity index (χ4v) is 4.08. The Bertz CT molecular complexity index is 575. The molecular formula is C21H32N2O. The summed E-state index contributed by atoms with van der Waals surface area (Å²) in [7, 11) is 0. The van der Waals surface area contributed by atoms with Gasteiger partial charge in [-0.1, -0.05) is 45.2 Å². The van der Waals surface area contributed by atoms with Gasteiger partial charge in [-0.2, -0.15) is 0 Å². The van der Waals surface area contributed by atoms with Crippen molar-refractivity contribution in [3.05, 3.63) is 29.3 Å². The first kappa shape index (κ1) is 17.5. The SMILES string of the molecule is CC(C)C(N)Cc1ccc2c(c1)CCCN2C(=O)C1CCCCC1. The minimum Gasteiger partial charge on any atom is -0.327 e. The molecule has 2 aliphatic rings. The Labute approximate surface area is 146 Å². The summed E-state index contributed by atoms with van der Waals surface area (Å²) in [6, 6.07) is 6.83. The molecule has 0 aromatic heterocycles. The van der Waals surface area contributed by atoms with Crippen LogP contribution in [0.15, 0.2) is 18.2 Å². The maximum Gasteiger partial charge on any atom is 0.230 e. The van der Waals surface area contributed by atoms with E-state index < -0.39 is 0 Å². The van der Waals surface area contributed by atoms with Gasteiger partial charge in [-0.3, -0.25) is 4.79 Å². The van der Waals surface area contributed by atoms with Crippen LogP contribution in [0.3, 0.4) is 0 Å². The van der Waals surface area contributed by atoms with E-state index >= 15 is 0 Å². The van der Waals surface area contributed by atoms with E-state index in [0.717, 1.165) is 44.3 Å². The molecule has 0 bridgehead atoms. The van der Waals surface area contributed by atoms with Gasteiger partial charge in [0.05, 0.1) is 0 Å². The molecule has 3 rings (SSSR count). The third kappa shape index (κ3) is 3.83. The number of nitrogens with zero attached hydrogens (tertiary/aromatic N) is 1.